The molecule has 0 aromatic rings. The highest BCUT2D eigenvalue weighted by Crippen LogP contribution is 2.19. The monoisotopic (exact) mass is 211 g/mol. The van der Waals surface area contributed by atoms with Crippen molar-refractivity contribution in [1.82, 2.24) is 5.32 Å². The van der Waals surface area contributed by atoms with E-state index in [1.807, 2.05) is 0 Å². The van der Waals surface area contributed by atoms with E-state index in [-0.39, 0.29) is 0 Å². The fourth-order valence-corrected chi connectivity index (χ4v) is 1.74. The van der Waals surface area contributed by atoms with Crippen molar-refractivity contribution in [3.05, 3.63) is 11.6 Å². The van der Waals surface area contributed by atoms with Crippen LogP contribution in [0.5, 0.6) is 0 Å². The first kappa shape index (κ1) is 12.2. The van der Waals surface area contributed by atoms with Crippen LogP contribution in [0.2, 0.25) is 0 Å². The molecule has 0 heterocycles. The van der Waals surface area contributed by atoms with Gasteiger partial charge in [0.2, 0.25) is 0 Å². The van der Waals surface area contributed by atoms with Crippen molar-refractivity contribution in [1.29, 1.82) is 0 Å². The van der Waals surface area contributed by atoms with Crippen molar-refractivity contribution in [3.8, 4) is 0 Å². The maximum absolute atomic E-state index is 10.8. The molecule has 0 fully saturated rings. The maximum atomic E-state index is 10.8. The Morgan fingerprint density at radius 2 is 2.27 bits per heavy atom. The predicted molar refractivity (Wildman–Crippen MR) is 60.9 cm³/mol. The number of hydrogen-bond donors (Lipinski definition) is 2. The molecular weight excluding hydrogens is 190 g/mol. The van der Waals surface area contributed by atoms with E-state index >= 15 is 0 Å². The summed E-state index contributed by atoms with van der Waals surface area (Å²) in [6, 6.07) is 0. The predicted octanol–water partition coefficient (Wildman–Crippen LogP) is 2.33. The van der Waals surface area contributed by atoms with E-state index in [1.54, 1.807) is 13.8 Å². The van der Waals surface area contributed by atoms with Crippen molar-refractivity contribution in [3.63, 3.8) is 0 Å². The molecule has 0 spiro atoms. The summed E-state index contributed by atoms with van der Waals surface area (Å²) >= 11 is 0. The quantitative estimate of drug-likeness (QED) is 0.686. The van der Waals surface area contributed by atoms with Crippen LogP contribution in [0.4, 0.5) is 0 Å². The van der Waals surface area contributed by atoms with Crippen LogP contribution in [0.15, 0.2) is 11.6 Å². The molecule has 0 atom stereocenters. The highest BCUT2D eigenvalue weighted by Gasteiger charge is 2.25. The van der Waals surface area contributed by atoms with Crippen LogP contribution in [0, 0.1) is 0 Å². The van der Waals surface area contributed by atoms with E-state index in [1.165, 1.54) is 31.3 Å². The molecule has 0 amide bonds. The Hall–Kier alpha value is -0.830. The summed E-state index contributed by atoms with van der Waals surface area (Å²) in [6.45, 7) is 4.15. The molecule has 3 heteroatoms. The lowest BCUT2D eigenvalue weighted by Gasteiger charge is -2.22. The van der Waals surface area contributed by atoms with E-state index in [9.17, 15) is 4.79 Å². The first-order chi connectivity index (χ1) is 7.02. The average Bonchev–Trinajstić information content (AvgIpc) is 2.19. The van der Waals surface area contributed by atoms with E-state index in [0.717, 1.165) is 13.0 Å². The van der Waals surface area contributed by atoms with Gasteiger partial charge in [0.25, 0.3) is 0 Å². The van der Waals surface area contributed by atoms with Crippen molar-refractivity contribution in [2.24, 2.45) is 0 Å². The molecule has 15 heavy (non-hydrogen) atoms. The summed E-state index contributed by atoms with van der Waals surface area (Å²) < 4.78 is 0. The van der Waals surface area contributed by atoms with Crippen molar-refractivity contribution in [2.75, 3.05) is 6.54 Å². The third-order valence-electron chi connectivity index (χ3n) is 2.93. The second kappa shape index (κ2) is 5.31. The van der Waals surface area contributed by atoms with E-state index in [4.69, 9.17) is 5.11 Å². The van der Waals surface area contributed by atoms with Gasteiger partial charge < -0.3 is 10.4 Å². The van der Waals surface area contributed by atoms with Gasteiger partial charge in [0.05, 0.1) is 0 Å². The Labute approximate surface area is 91.6 Å². The van der Waals surface area contributed by atoms with Gasteiger partial charge >= 0.3 is 5.97 Å². The summed E-state index contributed by atoms with van der Waals surface area (Å²) in [7, 11) is 0. The molecule has 1 rings (SSSR count). The van der Waals surface area contributed by atoms with Gasteiger partial charge in [-0.3, -0.25) is 4.79 Å². The molecule has 1 aliphatic carbocycles. The number of nitrogens with one attached hydrogen (secondary N) is 1. The van der Waals surface area contributed by atoms with Crippen LogP contribution in [0.25, 0.3) is 0 Å². The fourth-order valence-electron chi connectivity index (χ4n) is 1.74. The van der Waals surface area contributed by atoms with Crippen molar-refractivity contribution < 1.29 is 9.90 Å². The van der Waals surface area contributed by atoms with E-state index in [2.05, 4.69) is 11.4 Å². The number of allylic oxidation sites excluding steroid dienone is 1. The summed E-state index contributed by atoms with van der Waals surface area (Å²) in [5.74, 6) is -0.792. The Balaban J connectivity index is 2.26. The standard InChI is InChI=1S/C12H21NO2/c1-12(2,11(14)15)13-9-8-10-6-4-3-5-7-10/h6,13H,3-5,7-9H2,1-2H3,(H,14,15). The van der Waals surface area contributed by atoms with Gasteiger partial charge in [-0.25, -0.2) is 0 Å². The van der Waals surface area contributed by atoms with Gasteiger partial charge in [-0.05, 0) is 52.5 Å². The van der Waals surface area contributed by atoms with Crippen LogP contribution in [0.1, 0.15) is 46.0 Å². The zero-order chi connectivity index (χ0) is 11.3. The van der Waals surface area contributed by atoms with Crippen LogP contribution in [0.3, 0.4) is 0 Å². The van der Waals surface area contributed by atoms with Crippen LogP contribution in [-0.2, 0) is 4.79 Å². The third-order valence-corrected chi connectivity index (χ3v) is 2.93. The molecule has 0 aromatic carbocycles. The molecule has 2 N–H and O–H groups in total. The number of rotatable bonds is 5. The molecule has 86 valence electrons. The van der Waals surface area contributed by atoms with Gasteiger partial charge in [0.1, 0.15) is 5.54 Å². The first-order valence-electron chi connectivity index (χ1n) is 5.69. The number of carboxylic acid groups (broad SMARTS) is 1. The lowest BCUT2D eigenvalue weighted by molar-refractivity contribution is -0.143. The summed E-state index contributed by atoms with van der Waals surface area (Å²) in [6.07, 6.45) is 8.26. The van der Waals surface area contributed by atoms with E-state index in [0.29, 0.717) is 0 Å². The molecular formula is C12H21NO2. The minimum Gasteiger partial charge on any atom is -0.480 e. The molecule has 0 unspecified atom stereocenters. The zero-order valence-corrected chi connectivity index (χ0v) is 9.68. The van der Waals surface area contributed by atoms with Gasteiger partial charge in [0.15, 0.2) is 0 Å². The average molecular weight is 211 g/mol. The molecule has 0 aliphatic heterocycles. The lowest BCUT2D eigenvalue weighted by atomic mass is 9.97. The maximum Gasteiger partial charge on any atom is 0.323 e. The molecule has 1 aliphatic rings. The topological polar surface area (TPSA) is 49.3 Å². The molecule has 0 bridgehead atoms. The lowest BCUT2D eigenvalue weighted by Crippen LogP contribution is -2.47. The molecule has 3 nitrogen and oxygen atoms in total. The van der Waals surface area contributed by atoms with Crippen molar-refractivity contribution in [2.45, 2.75) is 51.5 Å². The fraction of sp³-hybridized carbons (Fsp3) is 0.750. The highest BCUT2D eigenvalue weighted by molar-refractivity contribution is 5.77. The van der Waals surface area contributed by atoms with Gasteiger partial charge in [-0.1, -0.05) is 11.6 Å². The molecule has 0 saturated heterocycles. The second-order valence-electron chi connectivity index (χ2n) is 4.72. The zero-order valence-electron chi connectivity index (χ0n) is 9.68. The molecule has 0 radical (unpaired) electrons. The smallest absolute Gasteiger partial charge is 0.323 e. The SMILES string of the molecule is CC(C)(NCCC1=CCCCC1)C(=O)O. The highest BCUT2D eigenvalue weighted by atomic mass is 16.4. The summed E-state index contributed by atoms with van der Waals surface area (Å²) in [4.78, 5) is 10.8. The summed E-state index contributed by atoms with van der Waals surface area (Å²) in [5.41, 5.74) is 0.671. The van der Waals surface area contributed by atoms with Crippen LogP contribution in [-0.4, -0.2) is 23.2 Å². The number of carboxylic acids is 1. The number of aliphatic carboxylic acids is 1. The Morgan fingerprint density at radius 1 is 1.53 bits per heavy atom. The number of carbonyl (C=O) groups is 1. The first-order valence-corrected chi connectivity index (χ1v) is 5.69. The van der Waals surface area contributed by atoms with Crippen LogP contribution >= 0.6 is 0 Å². The molecule has 0 aromatic heterocycles. The second-order valence-corrected chi connectivity index (χ2v) is 4.72. The van der Waals surface area contributed by atoms with Crippen LogP contribution < -0.4 is 5.32 Å². The normalized spacial score (nSPS) is 17.3. The van der Waals surface area contributed by atoms with Crippen molar-refractivity contribution >= 4 is 5.97 Å². The minimum atomic E-state index is -0.810. The number of hydrogen-bond acceptors (Lipinski definition) is 2. The van der Waals surface area contributed by atoms with E-state index < -0.39 is 11.5 Å². The Morgan fingerprint density at radius 3 is 2.80 bits per heavy atom. The Bertz CT molecular complexity index is 256. The molecule has 0 saturated carbocycles. The third kappa shape index (κ3) is 4.04. The Kier molecular flexibility index (Phi) is 4.33. The van der Waals surface area contributed by atoms with Gasteiger partial charge in [0, 0.05) is 0 Å². The van der Waals surface area contributed by atoms with Gasteiger partial charge in [-0.15, -0.1) is 0 Å². The minimum absolute atomic E-state index is 0.755. The largest absolute Gasteiger partial charge is 0.480 e. The van der Waals surface area contributed by atoms with Gasteiger partial charge in [-0.2, -0.15) is 0 Å². The summed E-state index contributed by atoms with van der Waals surface area (Å²) in [5, 5.41) is 12.0.